The Morgan fingerprint density at radius 1 is 0.727 bits per heavy atom. The van der Waals surface area contributed by atoms with Crippen LogP contribution in [-0.2, 0) is 9.53 Å². The molecule has 0 aromatic heterocycles. The Hall–Kier alpha value is -0.530. The number of unbranched alkanes of at least 4 members (excludes halogenated alkanes) is 13. The van der Waals surface area contributed by atoms with Gasteiger partial charge in [-0.15, -0.1) is 0 Å². The summed E-state index contributed by atoms with van der Waals surface area (Å²) < 4.78 is 4.74. The van der Waals surface area contributed by atoms with Gasteiger partial charge in [0.25, 0.3) is 0 Å². The van der Waals surface area contributed by atoms with Crippen molar-refractivity contribution in [2.75, 3.05) is 7.11 Å². The molecule has 0 aliphatic heterocycles. The molecule has 0 aliphatic carbocycles. The summed E-state index contributed by atoms with van der Waals surface area (Å²) in [5, 5.41) is 0. The first kappa shape index (κ1) is 21.5. The molecule has 132 valence electrons. The van der Waals surface area contributed by atoms with E-state index in [0.29, 0.717) is 0 Å². The summed E-state index contributed by atoms with van der Waals surface area (Å²) in [7, 11) is 1.48. The average molecular weight is 313 g/mol. The first-order valence-corrected chi connectivity index (χ1v) is 9.80. The van der Waals surface area contributed by atoms with Crippen molar-refractivity contribution in [1.82, 2.24) is 0 Å². The summed E-state index contributed by atoms with van der Waals surface area (Å²) in [4.78, 5) is 11.3. The van der Waals surface area contributed by atoms with Crippen molar-refractivity contribution in [3.05, 3.63) is 0 Å². The first-order valence-electron chi connectivity index (χ1n) is 9.80. The molecule has 0 saturated heterocycles. The fourth-order valence-electron chi connectivity index (χ4n) is 2.96. The minimum atomic E-state index is -0.0605. The van der Waals surface area contributed by atoms with Crippen LogP contribution in [0.5, 0.6) is 0 Å². The van der Waals surface area contributed by atoms with Gasteiger partial charge in [-0.25, -0.2) is 0 Å². The lowest BCUT2D eigenvalue weighted by Crippen LogP contribution is -2.12. The molecule has 22 heavy (non-hydrogen) atoms. The molecule has 0 heterocycles. The number of ether oxygens (including phenoxy) is 1. The predicted molar refractivity (Wildman–Crippen MR) is 96.1 cm³/mol. The smallest absolute Gasteiger partial charge is 0.308 e. The molecule has 1 unspecified atom stereocenters. The zero-order chi connectivity index (χ0) is 16.5. The average Bonchev–Trinajstić information content (AvgIpc) is 2.54. The molecule has 0 spiro atoms. The first-order chi connectivity index (χ1) is 10.7. The highest BCUT2D eigenvalue weighted by molar-refractivity contribution is 5.71. The van der Waals surface area contributed by atoms with Gasteiger partial charge >= 0.3 is 5.97 Å². The quantitative estimate of drug-likeness (QED) is 0.235. The summed E-state index contributed by atoms with van der Waals surface area (Å²) >= 11 is 0. The lowest BCUT2D eigenvalue weighted by atomic mass is 10.0. The van der Waals surface area contributed by atoms with E-state index in [9.17, 15) is 4.79 Å². The van der Waals surface area contributed by atoms with E-state index in [-0.39, 0.29) is 11.9 Å². The van der Waals surface area contributed by atoms with Gasteiger partial charge in [0.15, 0.2) is 0 Å². The molecule has 0 amide bonds. The van der Waals surface area contributed by atoms with Gasteiger partial charge in [-0.1, -0.05) is 104 Å². The lowest BCUT2D eigenvalue weighted by molar-refractivity contribution is -0.145. The van der Waals surface area contributed by atoms with Gasteiger partial charge in [0.05, 0.1) is 13.0 Å². The fraction of sp³-hybridized carbons (Fsp3) is 0.950. The van der Waals surface area contributed by atoms with Crippen LogP contribution in [0.3, 0.4) is 0 Å². The molecule has 2 heteroatoms. The molecule has 0 bridgehead atoms. The van der Waals surface area contributed by atoms with Gasteiger partial charge < -0.3 is 4.74 Å². The highest BCUT2D eigenvalue weighted by atomic mass is 16.5. The summed E-state index contributed by atoms with van der Waals surface area (Å²) in [6, 6.07) is 0. The molecule has 0 radical (unpaired) electrons. The van der Waals surface area contributed by atoms with Crippen molar-refractivity contribution in [2.24, 2.45) is 5.92 Å². The van der Waals surface area contributed by atoms with Crippen molar-refractivity contribution in [3.63, 3.8) is 0 Å². The highest BCUT2D eigenvalue weighted by Gasteiger charge is 2.11. The summed E-state index contributed by atoms with van der Waals surface area (Å²) in [5.41, 5.74) is 0. The van der Waals surface area contributed by atoms with Gasteiger partial charge in [-0.2, -0.15) is 0 Å². The van der Waals surface area contributed by atoms with E-state index in [1.165, 1.54) is 90.6 Å². The van der Waals surface area contributed by atoms with E-state index in [1.54, 1.807) is 0 Å². The Kier molecular flexibility index (Phi) is 16.4. The fourth-order valence-corrected chi connectivity index (χ4v) is 2.96. The van der Waals surface area contributed by atoms with Gasteiger partial charge in [-0.05, 0) is 6.42 Å². The minimum Gasteiger partial charge on any atom is -0.469 e. The molecule has 0 saturated carbocycles. The molecule has 2 nitrogen and oxygen atoms in total. The predicted octanol–water partition coefficient (Wildman–Crippen LogP) is 6.67. The zero-order valence-electron chi connectivity index (χ0n) is 15.5. The topological polar surface area (TPSA) is 26.3 Å². The lowest BCUT2D eigenvalue weighted by Gasteiger charge is -2.08. The maximum absolute atomic E-state index is 11.3. The van der Waals surface area contributed by atoms with Gasteiger partial charge in [0, 0.05) is 0 Å². The number of esters is 1. The second-order valence-corrected chi connectivity index (χ2v) is 6.81. The van der Waals surface area contributed by atoms with Crippen molar-refractivity contribution >= 4 is 5.97 Å². The third-order valence-electron chi connectivity index (χ3n) is 4.59. The minimum absolute atomic E-state index is 0.0605. The van der Waals surface area contributed by atoms with Crippen LogP contribution in [-0.4, -0.2) is 13.1 Å². The van der Waals surface area contributed by atoms with E-state index in [4.69, 9.17) is 4.74 Å². The molecule has 1 atom stereocenters. The molecule has 0 aromatic carbocycles. The normalized spacial score (nSPS) is 12.3. The Labute approximate surface area is 139 Å². The second kappa shape index (κ2) is 16.8. The van der Waals surface area contributed by atoms with Crippen LogP contribution >= 0.6 is 0 Å². The van der Waals surface area contributed by atoms with Gasteiger partial charge in [0.1, 0.15) is 0 Å². The molecule has 0 aromatic rings. The molecule has 0 N–H and O–H groups in total. The van der Waals surface area contributed by atoms with Crippen LogP contribution in [0, 0.1) is 5.92 Å². The van der Waals surface area contributed by atoms with E-state index in [1.807, 2.05) is 6.92 Å². The SMILES string of the molecule is CCCCCCCCCCCCCCCCC(C)C(=O)OC. The van der Waals surface area contributed by atoms with Crippen LogP contribution in [0.15, 0.2) is 0 Å². The monoisotopic (exact) mass is 312 g/mol. The molecule has 0 rings (SSSR count). The van der Waals surface area contributed by atoms with Crippen molar-refractivity contribution in [3.8, 4) is 0 Å². The second-order valence-electron chi connectivity index (χ2n) is 6.81. The Morgan fingerprint density at radius 3 is 1.45 bits per heavy atom. The van der Waals surface area contributed by atoms with Crippen LogP contribution < -0.4 is 0 Å². The highest BCUT2D eigenvalue weighted by Crippen LogP contribution is 2.15. The van der Waals surface area contributed by atoms with E-state index < -0.39 is 0 Å². The van der Waals surface area contributed by atoms with E-state index in [2.05, 4.69) is 6.92 Å². The third-order valence-corrected chi connectivity index (χ3v) is 4.59. The van der Waals surface area contributed by atoms with Crippen LogP contribution in [0.1, 0.15) is 110 Å². The summed E-state index contributed by atoms with van der Waals surface area (Å²) in [5.74, 6) is 0.0111. The Morgan fingerprint density at radius 2 is 1.09 bits per heavy atom. The number of carbonyl (C=O) groups excluding carboxylic acids is 1. The third kappa shape index (κ3) is 14.4. The Bertz CT molecular complexity index is 238. The van der Waals surface area contributed by atoms with E-state index >= 15 is 0 Å². The van der Waals surface area contributed by atoms with Gasteiger partial charge in [-0.3, -0.25) is 4.79 Å². The van der Waals surface area contributed by atoms with E-state index in [0.717, 1.165) is 12.8 Å². The molecule has 0 fully saturated rings. The summed E-state index contributed by atoms with van der Waals surface area (Å²) in [6.45, 7) is 4.24. The number of hydrogen-bond donors (Lipinski definition) is 0. The maximum Gasteiger partial charge on any atom is 0.308 e. The number of carbonyl (C=O) groups is 1. The summed E-state index contributed by atoms with van der Waals surface area (Å²) in [6.07, 6.45) is 20.3. The van der Waals surface area contributed by atoms with Crippen molar-refractivity contribution in [1.29, 1.82) is 0 Å². The van der Waals surface area contributed by atoms with Crippen molar-refractivity contribution in [2.45, 2.75) is 110 Å². The van der Waals surface area contributed by atoms with Crippen LogP contribution in [0.25, 0.3) is 0 Å². The maximum atomic E-state index is 11.3. The molecule has 0 aliphatic rings. The van der Waals surface area contributed by atoms with Crippen molar-refractivity contribution < 1.29 is 9.53 Å². The van der Waals surface area contributed by atoms with Crippen LogP contribution in [0.4, 0.5) is 0 Å². The zero-order valence-corrected chi connectivity index (χ0v) is 15.5. The standard InChI is InChI=1S/C20H40O2/c1-4-5-6-7-8-9-10-11-12-13-14-15-16-17-18-19(2)20(21)22-3/h19H,4-18H2,1-3H3. The molecular weight excluding hydrogens is 272 g/mol. The largest absolute Gasteiger partial charge is 0.469 e. The molecular formula is C20H40O2. The van der Waals surface area contributed by atoms with Gasteiger partial charge in [0.2, 0.25) is 0 Å². The number of hydrogen-bond acceptors (Lipinski definition) is 2. The van der Waals surface area contributed by atoms with Crippen LogP contribution in [0.2, 0.25) is 0 Å². The number of rotatable bonds is 16. The number of methoxy groups -OCH3 is 1. The Balaban J connectivity index is 3.10.